The fourth-order valence-corrected chi connectivity index (χ4v) is 2.27. The summed E-state index contributed by atoms with van der Waals surface area (Å²) in [4.78, 5) is 23.9. The molecular weight excluding hydrogens is 325 g/mol. The lowest BCUT2D eigenvalue weighted by molar-refractivity contribution is -0.115. The minimum absolute atomic E-state index is 0.273. The Morgan fingerprint density at radius 1 is 1.09 bits per heavy atom. The van der Waals surface area contributed by atoms with Gasteiger partial charge < -0.3 is 10.1 Å². The number of carbonyl (C=O) groups excluding carboxylic acids is 2. The molecule has 1 amide bonds. The molecule has 0 heterocycles. The van der Waals surface area contributed by atoms with E-state index in [1.807, 2.05) is 0 Å². The van der Waals surface area contributed by atoms with E-state index < -0.39 is 5.91 Å². The largest absolute Gasteiger partial charge is 0.497 e. The number of methoxy groups -OCH3 is 1. The van der Waals surface area contributed by atoms with E-state index >= 15 is 0 Å². The quantitative estimate of drug-likeness (QED) is 0.656. The van der Waals surface area contributed by atoms with Crippen molar-refractivity contribution in [1.29, 1.82) is 0 Å². The zero-order valence-electron chi connectivity index (χ0n) is 11.7. The minimum Gasteiger partial charge on any atom is -0.497 e. The second-order valence-electron chi connectivity index (χ2n) is 4.50. The van der Waals surface area contributed by atoms with Gasteiger partial charge in [0.15, 0.2) is 5.78 Å². The zero-order chi connectivity index (χ0) is 16.1. The maximum absolute atomic E-state index is 12.0. The van der Waals surface area contributed by atoms with Crippen LogP contribution < -0.4 is 10.1 Å². The number of ether oxygens (including phenoxy) is 1. The third-order valence-corrected chi connectivity index (χ3v) is 3.49. The Morgan fingerprint density at radius 3 is 2.36 bits per heavy atom. The lowest BCUT2D eigenvalue weighted by Gasteiger charge is -2.07. The molecule has 0 saturated heterocycles. The van der Waals surface area contributed by atoms with Crippen LogP contribution in [-0.2, 0) is 4.79 Å². The molecule has 0 atom stereocenters. The third-order valence-electron chi connectivity index (χ3n) is 2.94. The highest BCUT2D eigenvalue weighted by molar-refractivity contribution is 6.36. The highest BCUT2D eigenvalue weighted by Gasteiger charge is 2.13. The molecule has 114 valence electrons. The van der Waals surface area contributed by atoms with Crippen LogP contribution in [0.5, 0.6) is 5.75 Å². The summed E-state index contributed by atoms with van der Waals surface area (Å²) >= 11 is 11.7. The van der Waals surface area contributed by atoms with Gasteiger partial charge in [-0.2, -0.15) is 0 Å². The van der Waals surface area contributed by atoms with E-state index in [1.165, 1.54) is 6.07 Å². The number of ketones is 1. The second-order valence-corrected chi connectivity index (χ2v) is 5.34. The number of rotatable bonds is 5. The van der Waals surface area contributed by atoms with E-state index in [0.29, 0.717) is 27.0 Å². The Kier molecular flexibility index (Phi) is 5.41. The van der Waals surface area contributed by atoms with Crippen LogP contribution in [0.4, 0.5) is 5.69 Å². The predicted molar refractivity (Wildman–Crippen MR) is 87.0 cm³/mol. The third kappa shape index (κ3) is 4.23. The molecule has 0 bridgehead atoms. The number of nitrogens with one attached hydrogen (secondary N) is 1. The summed E-state index contributed by atoms with van der Waals surface area (Å²) in [7, 11) is 1.54. The van der Waals surface area contributed by atoms with Crippen molar-refractivity contribution in [1.82, 2.24) is 0 Å². The first-order chi connectivity index (χ1) is 10.5. The summed E-state index contributed by atoms with van der Waals surface area (Å²) < 4.78 is 5.02. The highest BCUT2D eigenvalue weighted by Crippen LogP contribution is 2.25. The normalized spacial score (nSPS) is 10.1. The average molecular weight is 338 g/mol. The van der Waals surface area contributed by atoms with E-state index in [2.05, 4.69) is 5.32 Å². The Bertz CT molecular complexity index is 699. The molecule has 0 aliphatic heterocycles. The Hall–Kier alpha value is -2.04. The van der Waals surface area contributed by atoms with Gasteiger partial charge in [-0.1, -0.05) is 23.2 Å². The van der Waals surface area contributed by atoms with Gasteiger partial charge in [0.2, 0.25) is 5.91 Å². The molecule has 2 aromatic rings. The van der Waals surface area contributed by atoms with Crippen molar-refractivity contribution in [2.45, 2.75) is 6.42 Å². The van der Waals surface area contributed by atoms with Crippen molar-refractivity contribution in [3.63, 3.8) is 0 Å². The van der Waals surface area contributed by atoms with Gasteiger partial charge >= 0.3 is 0 Å². The smallest absolute Gasteiger partial charge is 0.232 e. The SMILES string of the molecule is COc1ccc(C(=O)CC(=O)Nc2ccc(Cl)cc2Cl)cc1. The van der Waals surface area contributed by atoms with E-state index in [4.69, 9.17) is 27.9 Å². The van der Waals surface area contributed by atoms with Gasteiger partial charge in [0.1, 0.15) is 5.75 Å². The van der Waals surface area contributed by atoms with Crippen LogP contribution in [-0.4, -0.2) is 18.8 Å². The molecule has 0 fully saturated rings. The van der Waals surface area contributed by atoms with Crippen molar-refractivity contribution in [2.24, 2.45) is 0 Å². The minimum atomic E-state index is -0.440. The lowest BCUT2D eigenvalue weighted by Crippen LogP contribution is -2.16. The van der Waals surface area contributed by atoms with E-state index in [0.717, 1.165) is 0 Å². The number of hydrogen-bond acceptors (Lipinski definition) is 3. The lowest BCUT2D eigenvalue weighted by atomic mass is 10.1. The summed E-state index contributed by atoms with van der Waals surface area (Å²) in [5, 5.41) is 3.37. The van der Waals surface area contributed by atoms with Crippen LogP contribution in [0.2, 0.25) is 10.0 Å². The van der Waals surface area contributed by atoms with E-state index in [1.54, 1.807) is 43.5 Å². The molecule has 0 aliphatic rings. The Morgan fingerprint density at radius 2 is 1.77 bits per heavy atom. The van der Waals surface area contributed by atoms with Crippen molar-refractivity contribution in [3.8, 4) is 5.75 Å². The Labute approximate surface area is 138 Å². The summed E-state index contributed by atoms with van der Waals surface area (Å²) in [5.74, 6) is -0.0794. The molecule has 0 radical (unpaired) electrons. The first-order valence-corrected chi connectivity index (χ1v) is 7.17. The summed E-state index contributed by atoms with van der Waals surface area (Å²) in [6.07, 6.45) is -0.273. The number of anilines is 1. The van der Waals surface area contributed by atoms with Crippen molar-refractivity contribution >= 4 is 40.6 Å². The molecule has 0 aromatic heterocycles. The maximum Gasteiger partial charge on any atom is 0.232 e. The van der Waals surface area contributed by atoms with E-state index in [-0.39, 0.29) is 12.2 Å². The van der Waals surface area contributed by atoms with E-state index in [9.17, 15) is 9.59 Å². The van der Waals surface area contributed by atoms with Crippen molar-refractivity contribution in [2.75, 3.05) is 12.4 Å². The van der Waals surface area contributed by atoms with Gasteiger partial charge in [-0.15, -0.1) is 0 Å². The van der Waals surface area contributed by atoms with Crippen LogP contribution in [0.25, 0.3) is 0 Å². The standard InChI is InChI=1S/C16H13Cl2NO3/c1-22-12-5-2-10(3-6-12)15(20)9-16(21)19-14-7-4-11(17)8-13(14)18/h2-8H,9H2,1H3,(H,19,21). The first kappa shape index (κ1) is 16.3. The molecule has 0 saturated carbocycles. The van der Waals surface area contributed by atoms with Gasteiger partial charge in [0.05, 0.1) is 24.2 Å². The number of benzene rings is 2. The predicted octanol–water partition coefficient (Wildman–Crippen LogP) is 4.21. The van der Waals surface area contributed by atoms with Crippen molar-refractivity contribution in [3.05, 3.63) is 58.1 Å². The fraction of sp³-hybridized carbons (Fsp3) is 0.125. The summed E-state index contributed by atoms with van der Waals surface area (Å²) in [6, 6.07) is 11.3. The molecule has 4 nitrogen and oxygen atoms in total. The van der Waals surface area contributed by atoms with Gasteiger partial charge in [0, 0.05) is 10.6 Å². The molecule has 0 aliphatic carbocycles. The molecule has 0 unspecified atom stereocenters. The molecule has 2 aromatic carbocycles. The topological polar surface area (TPSA) is 55.4 Å². The van der Waals surface area contributed by atoms with Gasteiger partial charge in [-0.05, 0) is 42.5 Å². The molecule has 22 heavy (non-hydrogen) atoms. The molecular formula is C16H13Cl2NO3. The molecule has 0 spiro atoms. The summed E-state index contributed by atoms with van der Waals surface area (Å²) in [6.45, 7) is 0. The Balaban J connectivity index is 2.00. The van der Waals surface area contributed by atoms with Crippen LogP contribution in [0, 0.1) is 0 Å². The first-order valence-electron chi connectivity index (χ1n) is 6.42. The molecule has 2 rings (SSSR count). The molecule has 6 heteroatoms. The second kappa shape index (κ2) is 7.29. The van der Waals surface area contributed by atoms with Crippen LogP contribution >= 0.6 is 23.2 Å². The number of Topliss-reactive ketones (excluding diaryl/α,β-unsaturated/α-hetero) is 1. The van der Waals surface area contributed by atoms with Crippen LogP contribution in [0.1, 0.15) is 16.8 Å². The van der Waals surface area contributed by atoms with Crippen LogP contribution in [0.3, 0.4) is 0 Å². The average Bonchev–Trinajstić information content (AvgIpc) is 2.50. The van der Waals surface area contributed by atoms with Crippen LogP contribution in [0.15, 0.2) is 42.5 Å². The summed E-state index contributed by atoms with van der Waals surface area (Å²) in [5.41, 5.74) is 0.858. The number of amides is 1. The highest BCUT2D eigenvalue weighted by atomic mass is 35.5. The monoisotopic (exact) mass is 337 g/mol. The maximum atomic E-state index is 12.0. The molecule has 1 N–H and O–H groups in total. The van der Waals surface area contributed by atoms with Gasteiger partial charge in [-0.25, -0.2) is 0 Å². The van der Waals surface area contributed by atoms with Gasteiger partial charge in [-0.3, -0.25) is 9.59 Å². The number of halogens is 2. The zero-order valence-corrected chi connectivity index (χ0v) is 13.2. The van der Waals surface area contributed by atoms with Gasteiger partial charge in [0.25, 0.3) is 0 Å². The van der Waals surface area contributed by atoms with Crippen molar-refractivity contribution < 1.29 is 14.3 Å². The number of carbonyl (C=O) groups is 2. The fourth-order valence-electron chi connectivity index (χ4n) is 1.81. The number of hydrogen-bond donors (Lipinski definition) is 1.